The number of hydrogen-bond acceptors (Lipinski definition) is 4. The monoisotopic (exact) mass is 476 g/mol. The lowest BCUT2D eigenvalue weighted by Crippen LogP contribution is -2.48. The summed E-state index contributed by atoms with van der Waals surface area (Å²) in [4.78, 5) is 37.3. The molecule has 35 heavy (non-hydrogen) atoms. The van der Waals surface area contributed by atoms with Crippen LogP contribution in [0, 0.1) is 11.3 Å². The van der Waals surface area contributed by atoms with Gasteiger partial charge in [0, 0.05) is 18.5 Å². The van der Waals surface area contributed by atoms with Crippen LogP contribution in [-0.2, 0) is 14.3 Å². The van der Waals surface area contributed by atoms with Crippen LogP contribution in [0.4, 0.5) is 4.79 Å². The first kappa shape index (κ1) is 23.4. The third kappa shape index (κ3) is 4.77. The number of amides is 2. The quantitative estimate of drug-likeness (QED) is 0.512. The predicted molar refractivity (Wildman–Crippen MR) is 131 cm³/mol. The second kappa shape index (κ2) is 9.72. The zero-order valence-electron chi connectivity index (χ0n) is 19.8. The van der Waals surface area contributed by atoms with Crippen LogP contribution in [0.15, 0.2) is 48.5 Å². The highest BCUT2D eigenvalue weighted by Gasteiger charge is 2.51. The van der Waals surface area contributed by atoms with Crippen LogP contribution in [0.2, 0.25) is 0 Å². The second-order valence-corrected chi connectivity index (χ2v) is 10.1. The molecule has 7 heteroatoms. The summed E-state index contributed by atoms with van der Waals surface area (Å²) in [5, 5.41) is 15.4. The van der Waals surface area contributed by atoms with E-state index in [1.807, 2.05) is 24.3 Å². The van der Waals surface area contributed by atoms with Crippen molar-refractivity contribution in [1.82, 2.24) is 10.6 Å². The van der Waals surface area contributed by atoms with Gasteiger partial charge in [0.25, 0.3) is 0 Å². The van der Waals surface area contributed by atoms with Crippen molar-refractivity contribution in [3.8, 4) is 11.1 Å². The van der Waals surface area contributed by atoms with Crippen LogP contribution in [0.5, 0.6) is 0 Å². The standard InChI is InChI=1S/C28H32N2O5/c31-25(32)22-12-2-1-3-13-24(22)30-26(33)28(14-15-28)17-29-27(34)35-16-23-20-10-6-4-8-18(20)19-9-5-7-11-21(19)23/h4-11,22-24H,1-3,12-17H2,(H,29,34)(H,30,33)(H,31,32)/t22-,24+/m1/s1. The maximum atomic E-state index is 13.0. The summed E-state index contributed by atoms with van der Waals surface area (Å²) >= 11 is 0. The minimum absolute atomic E-state index is 0.0190. The van der Waals surface area contributed by atoms with Gasteiger partial charge in [0.05, 0.1) is 11.3 Å². The number of carboxylic acid groups (broad SMARTS) is 1. The summed E-state index contributed by atoms with van der Waals surface area (Å²) in [6, 6.07) is 16.0. The lowest BCUT2D eigenvalue weighted by molar-refractivity contribution is -0.143. The average molecular weight is 477 g/mol. The Labute approximate surface area is 205 Å². The Kier molecular flexibility index (Phi) is 6.50. The molecule has 0 spiro atoms. The van der Waals surface area contributed by atoms with Gasteiger partial charge in [-0.05, 0) is 47.9 Å². The highest BCUT2D eigenvalue weighted by molar-refractivity contribution is 5.87. The molecule has 7 nitrogen and oxygen atoms in total. The van der Waals surface area contributed by atoms with Gasteiger partial charge in [-0.15, -0.1) is 0 Å². The molecule has 2 atom stereocenters. The van der Waals surface area contributed by atoms with Crippen molar-refractivity contribution in [2.24, 2.45) is 11.3 Å². The Morgan fingerprint density at radius 2 is 1.54 bits per heavy atom. The topological polar surface area (TPSA) is 105 Å². The van der Waals surface area contributed by atoms with E-state index in [-0.39, 0.29) is 31.0 Å². The molecule has 2 fully saturated rings. The Morgan fingerprint density at radius 3 is 2.17 bits per heavy atom. The molecule has 2 aromatic carbocycles. The van der Waals surface area contributed by atoms with Crippen LogP contribution in [0.1, 0.15) is 62.0 Å². The van der Waals surface area contributed by atoms with Crippen molar-refractivity contribution in [3.05, 3.63) is 59.7 Å². The average Bonchev–Trinajstić information content (AvgIpc) is 3.63. The van der Waals surface area contributed by atoms with E-state index in [1.54, 1.807) is 0 Å². The third-order valence-electron chi connectivity index (χ3n) is 7.90. The Hall–Kier alpha value is -3.35. The molecule has 184 valence electrons. The summed E-state index contributed by atoms with van der Waals surface area (Å²) in [5.74, 6) is -1.57. The summed E-state index contributed by atoms with van der Waals surface area (Å²) in [6.45, 7) is 0.418. The molecule has 0 aliphatic heterocycles. The van der Waals surface area contributed by atoms with E-state index in [2.05, 4.69) is 34.9 Å². The second-order valence-electron chi connectivity index (χ2n) is 10.1. The number of carbonyl (C=O) groups excluding carboxylic acids is 2. The summed E-state index contributed by atoms with van der Waals surface area (Å²) in [5.41, 5.74) is 3.97. The molecular weight excluding hydrogens is 444 g/mol. The fraction of sp³-hybridized carbons (Fsp3) is 0.464. The van der Waals surface area contributed by atoms with E-state index in [0.29, 0.717) is 25.7 Å². The Morgan fingerprint density at radius 1 is 0.914 bits per heavy atom. The van der Waals surface area contributed by atoms with Crippen molar-refractivity contribution in [3.63, 3.8) is 0 Å². The lowest BCUT2D eigenvalue weighted by atomic mass is 9.93. The molecule has 2 saturated carbocycles. The van der Waals surface area contributed by atoms with E-state index in [4.69, 9.17) is 4.74 Å². The van der Waals surface area contributed by atoms with Gasteiger partial charge in [-0.1, -0.05) is 67.8 Å². The summed E-state index contributed by atoms with van der Waals surface area (Å²) in [7, 11) is 0. The van der Waals surface area contributed by atoms with Crippen molar-refractivity contribution >= 4 is 18.0 Å². The zero-order chi connectivity index (χ0) is 24.4. The minimum Gasteiger partial charge on any atom is -0.481 e. The highest BCUT2D eigenvalue weighted by Crippen LogP contribution is 2.46. The first-order valence-corrected chi connectivity index (χ1v) is 12.6. The van der Waals surface area contributed by atoms with Crippen LogP contribution in [0.25, 0.3) is 11.1 Å². The Bertz CT molecular complexity index is 1080. The molecule has 0 bridgehead atoms. The van der Waals surface area contributed by atoms with Crippen LogP contribution >= 0.6 is 0 Å². The molecule has 3 aliphatic carbocycles. The number of hydrogen-bond donors (Lipinski definition) is 3. The van der Waals surface area contributed by atoms with E-state index < -0.39 is 23.4 Å². The van der Waals surface area contributed by atoms with Crippen LogP contribution < -0.4 is 10.6 Å². The number of rotatable bonds is 7. The Balaban J connectivity index is 1.16. The minimum atomic E-state index is -0.848. The molecule has 5 rings (SSSR count). The number of carbonyl (C=O) groups is 3. The molecule has 0 heterocycles. The number of benzene rings is 2. The van der Waals surface area contributed by atoms with Crippen molar-refractivity contribution in [2.45, 2.75) is 56.9 Å². The van der Waals surface area contributed by atoms with E-state index in [1.165, 1.54) is 11.1 Å². The largest absolute Gasteiger partial charge is 0.481 e. The number of nitrogens with one attached hydrogen (secondary N) is 2. The fourth-order valence-electron chi connectivity index (χ4n) is 5.62. The molecule has 3 aliphatic rings. The normalized spacial score (nSPS) is 22.3. The SMILES string of the molecule is O=C(NCC1(C(=O)N[C@H]2CCCCC[C@H]2C(=O)O)CC1)OCC1c2ccccc2-c2ccccc21. The smallest absolute Gasteiger partial charge is 0.407 e. The van der Waals surface area contributed by atoms with Gasteiger partial charge in [-0.3, -0.25) is 9.59 Å². The fourth-order valence-corrected chi connectivity index (χ4v) is 5.62. The van der Waals surface area contributed by atoms with Gasteiger partial charge in [-0.25, -0.2) is 4.79 Å². The number of fused-ring (bicyclic) bond motifs is 3. The predicted octanol–water partition coefficient (Wildman–Crippen LogP) is 4.46. The van der Waals surface area contributed by atoms with Gasteiger partial charge in [0.2, 0.25) is 5.91 Å². The van der Waals surface area contributed by atoms with E-state index in [0.717, 1.165) is 30.4 Å². The van der Waals surface area contributed by atoms with Crippen LogP contribution in [0.3, 0.4) is 0 Å². The molecule has 0 aromatic heterocycles. The maximum absolute atomic E-state index is 13.0. The van der Waals surface area contributed by atoms with Gasteiger partial charge in [-0.2, -0.15) is 0 Å². The van der Waals surface area contributed by atoms with E-state index in [9.17, 15) is 19.5 Å². The molecule has 2 amide bonds. The number of aliphatic carboxylic acids is 1. The molecule has 0 saturated heterocycles. The molecule has 2 aromatic rings. The van der Waals surface area contributed by atoms with Crippen molar-refractivity contribution in [1.29, 1.82) is 0 Å². The number of carboxylic acids is 1. The van der Waals surface area contributed by atoms with Crippen LogP contribution in [-0.4, -0.2) is 42.3 Å². The molecule has 0 unspecified atom stereocenters. The van der Waals surface area contributed by atoms with Crippen molar-refractivity contribution in [2.75, 3.05) is 13.2 Å². The maximum Gasteiger partial charge on any atom is 0.407 e. The number of ether oxygens (including phenoxy) is 1. The third-order valence-corrected chi connectivity index (χ3v) is 7.90. The van der Waals surface area contributed by atoms with Gasteiger partial charge < -0.3 is 20.5 Å². The molecular formula is C28H32N2O5. The van der Waals surface area contributed by atoms with Gasteiger partial charge >= 0.3 is 12.1 Å². The van der Waals surface area contributed by atoms with Gasteiger partial charge in [0.15, 0.2) is 0 Å². The van der Waals surface area contributed by atoms with Gasteiger partial charge in [0.1, 0.15) is 6.61 Å². The molecule has 0 radical (unpaired) electrons. The lowest BCUT2D eigenvalue weighted by Gasteiger charge is -2.26. The summed E-state index contributed by atoms with van der Waals surface area (Å²) in [6.07, 6.45) is 4.86. The summed E-state index contributed by atoms with van der Waals surface area (Å²) < 4.78 is 5.60. The highest BCUT2D eigenvalue weighted by atomic mass is 16.5. The first-order valence-electron chi connectivity index (χ1n) is 12.6. The first-order chi connectivity index (χ1) is 17.0. The number of alkyl carbamates (subject to hydrolysis) is 1. The van der Waals surface area contributed by atoms with Crippen molar-refractivity contribution < 1.29 is 24.2 Å². The molecule has 3 N–H and O–H groups in total. The zero-order valence-corrected chi connectivity index (χ0v) is 19.8. The van der Waals surface area contributed by atoms with E-state index >= 15 is 0 Å².